The van der Waals surface area contributed by atoms with E-state index in [1.807, 2.05) is 6.26 Å². The van der Waals surface area contributed by atoms with Crippen LogP contribution in [0.25, 0.3) is 0 Å². The zero-order valence-electron chi connectivity index (χ0n) is 13.7. The van der Waals surface area contributed by atoms with Gasteiger partial charge in [0.25, 0.3) is 11.8 Å². The summed E-state index contributed by atoms with van der Waals surface area (Å²) < 4.78 is 0. The molecule has 0 fully saturated rings. The lowest BCUT2D eigenvalue weighted by atomic mass is 10.1. The van der Waals surface area contributed by atoms with E-state index in [-0.39, 0.29) is 13.1 Å². The second-order valence-electron chi connectivity index (χ2n) is 5.38. The number of thioether (sulfide) groups is 1. The highest BCUT2D eigenvalue weighted by Gasteiger charge is 2.34. The second kappa shape index (κ2) is 8.52. The molecule has 0 saturated heterocycles. The van der Waals surface area contributed by atoms with E-state index in [0.29, 0.717) is 23.3 Å². The van der Waals surface area contributed by atoms with E-state index in [1.54, 1.807) is 24.3 Å². The third-order valence-corrected chi connectivity index (χ3v) is 4.36. The minimum Gasteiger partial charge on any atom is -0.480 e. The number of carboxylic acid groups (broad SMARTS) is 1. The SMILES string of the molecule is CSCCC(NC(=O)NCCN1C(=O)c2ccccc2C1=O)C(=O)O. The van der Waals surface area contributed by atoms with E-state index in [1.165, 1.54) is 11.8 Å². The molecule has 1 aromatic rings. The molecule has 0 radical (unpaired) electrons. The quantitative estimate of drug-likeness (QED) is 0.587. The molecule has 4 amide bonds. The van der Waals surface area contributed by atoms with Crippen molar-refractivity contribution in [1.29, 1.82) is 0 Å². The molecule has 1 heterocycles. The molecular formula is C16H19N3O5S. The first-order chi connectivity index (χ1) is 12.0. The maximum Gasteiger partial charge on any atom is 0.326 e. The highest BCUT2D eigenvalue weighted by atomic mass is 32.2. The van der Waals surface area contributed by atoms with Crippen molar-refractivity contribution in [2.45, 2.75) is 12.5 Å². The molecule has 134 valence electrons. The summed E-state index contributed by atoms with van der Waals surface area (Å²) in [5.41, 5.74) is 0.694. The van der Waals surface area contributed by atoms with Crippen LogP contribution in [0, 0.1) is 0 Å². The zero-order chi connectivity index (χ0) is 18.4. The summed E-state index contributed by atoms with van der Waals surface area (Å²) in [6.07, 6.45) is 2.16. The fourth-order valence-corrected chi connectivity index (χ4v) is 2.90. The fourth-order valence-electron chi connectivity index (χ4n) is 2.43. The summed E-state index contributed by atoms with van der Waals surface area (Å²) in [5, 5.41) is 13.9. The van der Waals surface area contributed by atoms with E-state index in [2.05, 4.69) is 10.6 Å². The van der Waals surface area contributed by atoms with Gasteiger partial charge in [-0.05, 0) is 30.6 Å². The van der Waals surface area contributed by atoms with Crippen molar-refractivity contribution in [1.82, 2.24) is 15.5 Å². The Labute approximate surface area is 148 Å². The average Bonchev–Trinajstić information content (AvgIpc) is 2.83. The van der Waals surface area contributed by atoms with Crippen LogP contribution >= 0.6 is 11.8 Å². The first-order valence-electron chi connectivity index (χ1n) is 7.67. The highest BCUT2D eigenvalue weighted by Crippen LogP contribution is 2.21. The van der Waals surface area contributed by atoms with E-state index in [4.69, 9.17) is 5.11 Å². The van der Waals surface area contributed by atoms with Crippen molar-refractivity contribution in [3.8, 4) is 0 Å². The van der Waals surface area contributed by atoms with Gasteiger partial charge in [0.15, 0.2) is 0 Å². The number of nitrogens with one attached hydrogen (secondary N) is 2. The predicted octanol–water partition coefficient (Wildman–Crippen LogP) is 0.788. The molecule has 3 N–H and O–H groups in total. The molecule has 1 unspecified atom stereocenters. The Morgan fingerprint density at radius 2 is 1.80 bits per heavy atom. The number of imide groups is 1. The molecule has 1 atom stereocenters. The van der Waals surface area contributed by atoms with Crippen LogP contribution in [-0.4, -0.2) is 65.0 Å². The first kappa shape index (κ1) is 18.8. The number of rotatable bonds is 8. The molecule has 9 heteroatoms. The van der Waals surface area contributed by atoms with Crippen LogP contribution in [0.1, 0.15) is 27.1 Å². The molecule has 0 aliphatic carbocycles. The largest absolute Gasteiger partial charge is 0.480 e. The molecule has 2 rings (SSSR count). The minimum absolute atomic E-state index is 0.0162. The molecule has 1 aliphatic heterocycles. The summed E-state index contributed by atoms with van der Waals surface area (Å²) in [5.74, 6) is -1.30. The smallest absolute Gasteiger partial charge is 0.326 e. The normalized spacial score (nSPS) is 14.2. The maximum atomic E-state index is 12.2. The van der Waals surface area contributed by atoms with E-state index in [9.17, 15) is 19.2 Å². The Bertz CT molecular complexity index is 659. The minimum atomic E-state index is -1.11. The van der Waals surface area contributed by atoms with Gasteiger partial charge in [-0.15, -0.1) is 0 Å². The van der Waals surface area contributed by atoms with Crippen molar-refractivity contribution in [2.75, 3.05) is 25.1 Å². The van der Waals surface area contributed by atoms with Crippen LogP contribution in [0.5, 0.6) is 0 Å². The summed E-state index contributed by atoms with van der Waals surface area (Å²) in [6.45, 7) is 0.0501. The number of nitrogens with zero attached hydrogens (tertiary/aromatic N) is 1. The molecule has 8 nitrogen and oxygen atoms in total. The molecule has 1 aromatic carbocycles. The van der Waals surface area contributed by atoms with Crippen molar-refractivity contribution in [3.05, 3.63) is 35.4 Å². The Hall–Kier alpha value is -2.55. The van der Waals surface area contributed by atoms with Crippen molar-refractivity contribution < 1.29 is 24.3 Å². The first-order valence-corrected chi connectivity index (χ1v) is 9.06. The Morgan fingerprint density at radius 3 is 2.32 bits per heavy atom. The summed E-state index contributed by atoms with van der Waals surface area (Å²) in [7, 11) is 0. The van der Waals surface area contributed by atoms with Crippen LogP contribution in [0.3, 0.4) is 0 Å². The van der Waals surface area contributed by atoms with Gasteiger partial charge in [0.2, 0.25) is 0 Å². The van der Waals surface area contributed by atoms with E-state index >= 15 is 0 Å². The van der Waals surface area contributed by atoms with Crippen LogP contribution < -0.4 is 10.6 Å². The van der Waals surface area contributed by atoms with Crippen molar-refractivity contribution in [2.24, 2.45) is 0 Å². The lowest BCUT2D eigenvalue weighted by Gasteiger charge is -2.17. The number of carboxylic acids is 1. The Kier molecular flexibility index (Phi) is 6.40. The molecule has 25 heavy (non-hydrogen) atoms. The number of urea groups is 1. The third-order valence-electron chi connectivity index (χ3n) is 3.71. The summed E-state index contributed by atoms with van der Waals surface area (Å²) in [4.78, 5) is 48.3. The summed E-state index contributed by atoms with van der Waals surface area (Å²) in [6, 6.07) is 4.90. The predicted molar refractivity (Wildman–Crippen MR) is 92.8 cm³/mol. The van der Waals surface area contributed by atoms with Crippen LogP contribution in [-0.2, 0) is 4.79 Å². The number of carbonyl (C=O) groups excluding carboxylic acids is 3. The number of carbonyl (C=O) groups is 4. The van der Waals surface area contributed by atoms with Crippen LogP contribution in [0.4, 0.5) is 4.79 Å². The Balaban J connectivity index is 1.83. The third kappa shape index (κ3) is 4.50. The number of hydrogen-bond acceptors (Lipinski definition) is 5. The average molecular weight is 365 g/mol. The Morgan fingerprint density at radius 1 is 1.20 bits per heavy atom. The van der Waals surface area contributed by atoms with Crippen molar-refractivity contribution >= 4 is 35.6 Å². The lowest BCUT2D eigenvalue weighted by Crippen LogP contribution is -2.48. The van der Waals surface area contributed by atoms with E-state index in [0.717, 1.165) is 4.90 Å². The van der Waals surface area contributed by atoms with Gasteiger partial charge in [-0.3, -0.25) is 14.5 Å². The fraction of sp³-hybridized carbons (Fsp3) is 0.375. The van der Waals surface area contributed by atoms with Gasteiger partial charge in [0, 0.05) is 13.1 Å². The molecule has 0 aromatic heterocycles. The number of fused-ring (bicyclic) bond motifs is 1. The summed E-state index contributed by atoms with van der Waals surface area (Å²) >= 11 is 1.49. The maximum absolute atomic E-state index is 12.2. The van der Waals surface area contributed by atoms with Gasteiger partial charge in [-0.1, -0.05) is 12.1 Å². The van der Waals surface area contributed by atoms with Gasteiger partial charge in [-0.2, -0.15) is 11.8 Å². The van der Waals surface area contributed by atoms with Gasteiger partial charge >= 0.3 is 12.0 Å². The van der Waals surface area contributed by atoms with Gasteiger partial charge in [-0.25, -0.2) is 9.59 Å². The number of benzene rings is 1. The molecule has 0 spiro atoms. The van der Waals surface area contributed by atoms with Gasteiger partial charge < -0.3 is 15.7 Å². The van der Waals surface area contributed by atoms with Crippen molar-refractivity contribution in [3.63, 3.8) is 0 Å². The van der Waals surface area contributed by atoms with Gasteiger partial charge in [0.1, 0.15) is 6.04 Å². The zero-order valence-corrected chi connectivity index (χ0v) is 14.5. The molecule has 1 aliphatic rings. The molecular weight excluding hydrogens is 346 g/mol. The molecule has 0 saturated carbocycles. The monoisotopic (exact) mass is 365 g/mol. The van der Waals surface area contributed by atoms with Crippen LogP contribution in [0.2, 0.25) is 0 Å². The topological polar surface area (TPSA) is 116 Å². The van der Waals surface area contributed by atoms with E-state index < -0.39 is 29.9 Å². The van der Waals surface area contributed by atoms with Crippen LogP contribution in [0.15, 0.2) is 24.3 Å². The number of aliphatic carboxylic acids is 1. The van der Waals surface area contributed by atoms with Gasteiger partial charge in [0.05, 0.1) is 11.1 Å². The number of hydrogen-bond donors (Lipinski definition) is 3. The number of amides is 4. The lowest BCUT2D eigenvalue weighted by molar-refractivity contribution is -0.139. The standard InChI is InChI=1S/C16H19N3O5S/c1-25-9-6-12(15(22)23)18-16(24)17-7-8-19-13(20)10-4-2-3-5-11(10)14(19)21/h2-5,12H,6-9H2,1H3,(H,22,23)(H2,17,18,24). The highest BCUT2D eigenvalue weighted by molar-refractivity contribution is 7.98. The molecule has 0 bridgehead atoms. The second-order valence-corrected chi connectivity index (χ2v) is 6.37.